The molecule has 0 saturated carbocycles. The molecule has 0 radical (unpaired) electrons. The van der Waals surface area contributed by atoms with Crippen LogP contribution in [-0.4, -0.2) is 61.0 Å². The number of hydrogen-bond acceptors (Lipinski definition) is 7. The Morgan fingerprint density at radius 3 is 2.54 bits per heavy atom. The quantitative estimate of drug-likeness (QED) is 0.417. The van der Waals surface area contributed by atoms with E-state index in [0.717, 1.165) is 66.8 Å². The van der Waals surface area contributed by atoms with Crippen LogP contribution in [0.5, 0.6) is 0 Å². The van der Waals surface area contributed by atoms with E-state index < -0.39 is 0 Å². The van der Waals surface area contributed by atoms with Crippen molar-refractivity contribution in [1.29, 1.82) is 0 Å². The molecule has 2 fully saturated rings. The molecule has 0 aliphatic carbocycles. The zero-order valence-corrected chi connectivity index (χ0v) is 22.0. The van der Waals surface area contributed by atoms with Gasteiger partial charge >= 0.3 is 0 Å². The third-order valence-electron chi connectivity index (χ3n) is 8.14. The van der Waals surface area contributed by atoms with Crippen LogP contribution in [0.2, 0.25) is 0 Å². The fourth-order valence-electron chi connectivity index (χ4n) is 6.04. The van der Waals surface area contributed by atoms with Gasteiger partial charge in [0.2, 0.25) is 0 Å². The fourth-order valence-corrected chi connectivity index (χ4v) is 6.04. The summed E-state index contributed by atoms with van der Waals surface area (Å²) in [7, 11) is 1.84. The number of fused-ring (bicyclic) bond motifs is 2. The van der Waals surface area contributed by atoms with Crippen molar-refractivity contribution in [3.63, 3.8) is 0 Å². The fraction of sp³-hybridized carbons (Fsp3) is 0.500. The minimum absolute atomic E-state index is 0.0229. The molecule has 3 aromatic heterocycles. The molecule has 5 heterocycles. The third kappa shape index (κ3) is 4.20. The lowest BCUT2D eigenvalue weighted by atomic mass is 10.00. The predicted molar refractivity (Wildman–Crippen MR) is 145 cm³/mol. The van der Waals surface area contributed by atoms with Gasteiger partial charge in [0.05, 0.1) is 11.0 Å². The maximum atomic E-state index is 12.6. The van der Waals surface area contributed by atoms with E-state index in [4.69, 9.17) is 9.84 Å². The van der Waals surface area contributed by atoms with Crippen molar-refractivity contribution in [2.45, 2.75) is 64.4 Å². The smallest absolute Gasteiger partial charge is 0.250 e. The van der Waals surface area contributed by atoms with Crippen LogP contribution in [0, 0.1) is 0 Å². The Morgan fingerprint density at radius 2 is 1.76 bits per heavy atom. The Labute approximate surface area is 216 Å². The summed E-state index contributed by atoms with van der Waals surface area (Å²) in [5.41, 5.74) is 4.78. The van der Waals surface area contributed by atoms with Gasteiger partial charge in [-0.3, -0.25) is 19.7 Å². The Kier molecular flexibility index (Phi) is 6.20. The molecule has 2 saturated heterocycles. The van der Waals surface area contributed by atoms with Crippen LogP contribution in [-0.2, 0) is 11.8 Å². The first-order valence-corrected chi connectivity index (χ1v) is 13.4. The molecule has 2 unspecified atom stereocenters. The Hall–Kier alpha value is -3.30. The molecule has 0 N–H and O–H groups in total. The molecule has 2 aliphatic rings. The lowest BCUT2D eigenvalue weighted by Crippen LogP contribution is -2.57. The zero-order valence-electron chi connectivity index (χ0n) is 22.0. The summed E-state index contributed by atoms with van der Waals surface area (Å²) in [5.74, 6) is 0.995. The number of ether oxygens (including phenoxy) is 1. The minimum Gasteiger partial charge on any atom is -0.356 e. The van der Waals surface area contributed by atoms with Gasteiger partial charge in [-0.2, -0.15) is 5.10 Å². The second-order valence-corrected chi connectivity index (χ2v) is 10.6. The van der Waals surface area contributed by atoms with Gasteiger partial charge in [-0.05, 0) is 63.8 Å². The number of benzene rings is 1. The lowest BCUT2D eigenvalue weighted by Gasteiger charge is -2.48. The van der Waals surface area contributed by atoms with E-state index >= 15 is 0 Å². The van der Waals surface area contributed by atoms with E-state index in [0.29, 0.717) is 0 Å². The molecule has 194 valence electrons. The van der Waals surface area contributed by atoms with Gasteiger partial charge in [0.25, 0.3) is 5.56 Å². The SMILES string of the molecule is CC(c1ccc2nccnc2c1)N1C[C@H](C)N(c2c3c(ccc(=O)n3C)nn2C2CCCCO2)C[C@H]1C. The highest BCUT2D eigenvalue weighted by atomic mass is 16.5. The summed E-state index contributed by atoms with van der Waals surface area (Å²) < 4.78 is 9.96. The predicted octanol–water partition coefficient (Wildman–Crippen LogP) is 4.04. The van der Waals surface area contributed by atoms with E-state index in [2.05, 4.69) is 58.7 Å². The van der Waals surface area contributed by atoms with Crippen LogP contribution in [0.4, 0.5) is 5.82 Å². The van der Waals surface area contributed by atoms with Crippen molar-refractivity contribution >= 4 is 27.9 Å². The normalized spacial score (nSPS) is 24.1. The minimum atomic E-state index is -0.107. The van der Waals surface area contributed by atoms with Crippen molar-refractivity contribution in [1.82, 2.24) is 29.2 Å². The van der Waals surface area contributed by atoms with Crippen LogP contribution in [0.25, 0.3) is 22.1 Å². The van der Waals surface area contributed by atoms with Gasteiger partial charge in [-0.25, -0.2) is 4.68 Å². The van der Waals surface area contributed by atoms with E-state index in [1.165, 1.54) is 5.56 Å². The van der Waals surface area contributed by atoms with E-state index in [1.54, 1.807) is 23.0 Å². The molecule has 1 aromatic carbocycles. The summed E-state index contributed by atoms with van der Waals surface area (Å²) in [6, 6.07) is 10.6. The van der Waals surface area contributed by atoms with Crippen LogP contribution in [0.3, 0.4) is 0 Å². The van der Waals surface area contributed by atoms with Crippen LogP contribution >= 0.6 is 0 Å². The second kappa shape index (κ2) is 9.54. The van der Waals surface area contributed by atoms with Crippen LogP contribution in [0.1, 0.15) is 57.9 Å². The number of rotatable bonds is 4. The van der Waals surface area contributed by atoms with E-state index in [1.807, 2.05) is 17.8 Å². The zero-order chi connectivity index (χ0) is 25.7. The summed E-state index contributed by atoms with van der Waals surface area (Å²) in [6.07, 6.45) is 6.50. The number of pyridine rings is 1. The molecule has 2 aliphatic heterocycles. The highest BCUT2D eigenvalue weighted by Gasteiger charge is 2.36. The van der Waals surface area contributed by atoms with E-state index in [-0.39, 0.29) is 29.9 Å². The Morgan fingerprint density at radius 1 is 0.973 bits per heavy atom. The number of anilines is 1. The molecular weight excluding hydrogens is 466 g/mol. The molecule has 4 atom stereocenters. The molecule has 4 aromatic rings. The van der Waals surface area contributed by atoms with Gasteiger partial charge in [-0.1, -0.05) is 6.07 Å². The third-order valence-corrected chi connectivity index (χ3v) is 8.14. The molecular formula is C28H35N7O2. The summed E-state index contributed by atoms with van der Waals surface area (Å²) in [4.78, 5) is 26.6. The summed E-state index contributed by atoms with van der Waals surface area (Å²) >= 11 is 0. The molecule has 37 heavy (non-hydrogen) atoms. The first-order valence-electron chi connectivity index (χ1n) is 13.4. The maximum absolute atomic E-state index is 12.6. The van der Waals surface area contributed by atoms with Crippen LogP contribution in [0.15, 0.2) is 47.5 Å². The van der Waals surface area contributed by atoms with Crippen molar-refractivity contribution in [2.75, 3.05) is 24.6 Å². The first kappa shape index (κ1) is 24.1. The standard InChI is InChI=1S/C28H35N7O2/c1-18-17-34(19(2)16-33(18)20(3)21-8-9-22-24(15-21)30-13-12-29-22)28-27-23(10-11-25(36)32(27)4)31-35(28)26-7-5-6-14-37-26/h8-13,15,18-20,26H,5-7,14,16-17H2,1-4H3/t18-,19+,20?,26?/m1/s1. The first-order chi connectivity index (χ1) is 17.9. The van der Waals surface area contributed by atoms with Crippen molar-refractivity contribution in [3.8, 4) is 0 Å². The Balaban J connectivity index is 1.35. The highest BCUT2D eigenvalue weighted by molar-refractivity contribution is 5.87. The number of hydrogen-bond donors (Lipinski definition) is 0. The summed E-state index contributed by atoms with van der Waals surface area (Å²) in [6.45, 7) is 9.29. The van der Waals surface area contributed by atoms with Crippen molar-refractivity contribution in [3.05, 3.63) is 58.6 Å². The maximum Gasteiger partial charge on any atom is 0.250 e. The second-order valence-electron chi connectivity index (χ2n) is 10.6. The highest BCUT2D eigenvalue weighted by Crippen LogP contribution is 2.37. The van der Waals surface area contributed by atoms with E-state index in [9.17, 15) is 4.79 Å². The van der Waals surface area contributed by atoms with Gasteiger partial charge in [0.1, 0.15) is 11.0 Å². The van der Waals surface area contributed by atoms with Gasteiger partial charge in [0, 0.05) is 63.3 Å². The Bertz CT molecular complexity index is 1490. The molecule has 0 amide bonds. The molecule has 6 rings (SSSR count). The van der Waals surface area contributed by atoms with Crippen molar-refractivity contribution in [2.24, 2.45) is 7.05 Å². The largest absolute Gasteiger partial charge is 0.356 e. The molecule has 9 heteroatoms. The summed E-state index contributed by atoms with van der Waals surface area (Å²) in [5, 5.41) is 4.97. The number of aryl methyl sites for hydroxylation is 1. The molecule has 9 nitrogen and oxygen atoms in total. The molecule has 0 bridgehead atoms. The average molecular weight is 502 g/mol. The molecule has 0 spiro atoms. The monoisotopic (exact) mass is 501 g/mol. The number of nitrogens with zero attached hydrogens (tertiary/aromatic N) is 7. The number of piperazine rings is 1. The van der Waals surface area contributed by atoms with Gasteiger partial charge < -0.3 is 14.2 Å². The lowest BCUT2D eigenvalue weighted by molar-refractivity contribution is -0.0386. The van der Waals surface area contributed by atoms with Gasteiger partial charge in [0.15, 0.2) is 12.0 Å². The topological polar surface area (TPSA) is 81.3 Å². The van der Waals surface area contributed by atoms with Gasteiger partial charge in [-0.15, -0.1) is 0 Å². The van der Waals surface area contributed by atoms with Crippen LogP contribution < -0.4 is 10.5 Å². The van der Waals surface area contributed by atoms with Crippen molar-refractivity contribution < 1.29 is 4.74 Å². The average Bonchev–Trinajstić information content (AvgIpc) is 3.32. The number of aromatic nitrogens is 5.